The van der Waals surface area contributed by atoms with Crippen molar-refractivity contribution in [1.82, 2.24) is 0 Å². The van der Waals surface area contributed by atoms with Gasteiger partial charge in [0.05, 0.1) is 12.3 Å². The molecule has 1 heterocycles. The summed E-state index contributed by atoms with van der Waals surface area (Å²) in [5.41, 5.74) is 2.15. The highest BCUT2D eigenvalue weighted by Gasteiger charge is 2.43. The van der Waals surface area contributed by atoms with E-state index in [0.717, 1.165) is 5.56 Å². The first-order chi connectivity index (χ1) is 9.97. The molecule has 1 aliphatic rings. The Bertz CT molecular complexity index is 619. The van der Waals surface area contributed by atoms with Crippen molar-refractivity contribution in [2.75, 3.05) is 11.5 Å². The zero-order chi connectivity index (χ0) is 15.6. The van der Waals surface area contributed by atoms with Crippen LogP contribution >= 0.6 is 0 Å². The molecule has 1 saturated heterocycles. The predicted octanol–water partition coefficient (Wildman–Crippen LogP) is 1.87. The van der Waals surface area contributed by atoms with Gasteiger partial charge in [-0.2, -0.15) is 0 Å². The van der Waals surface area contributed by atoms with Gasteiger partial charge >= 0.3 is 0 Å². The van der Waals surface area contributed by atoms with Gasteiger partial charge in [0.1, 0.15) is 0 Å². The first kappa shape index (κ1) is 15.3. The van der Waals surface area contributed by atoms with Crippen LogP contribution in [0.2, 0.25) is 0 Å². The van der Waals surface area contributed by atoms with Crippen LogP contribution in [-0.4, -0.2) is 23.5 Å². The Morgan fingerprint density at radius 3 is 2.38 bits per heavy atom. The molecule has 0 saturated carbocycles. The third-order valence-electron chi connectivity index (χ3n) is 3.82. The van der Waals surface area contributed by atoms with Crippen LogP contribution in [0.3, 0.4) is 0 Å². The Labute approximate surface area is 124 Å². The second kappa shape index (κ2) is 6.11. The van der Waals surface area contributed by atoms with Gasteiger partial charge in [0.15, 0.2) is 0 Å². The van der Waals surface area contributed by atoms with Crippen LogP contribution in [0, 0.1) is 30.6 Å². The summed E-state index contributed by atoms with van der Waals surface area (Å²) >= 11 is 0. The monoisotopic (exact) mass is 285 g/mol. The number of anilines is 1. The van der Waals surface area contributed by atoms with Crippen LogP contribution in [0.1, 0.15) is 31.4 Å². The molecule has 0 radical (unpaired) electrons. The van der Waals surface area contributed by atoms with Crippen molar-refractivity contribution in [3.63, 3.8) is 0 Å². The van der Waals surface area contributed by atoms with Gasteiger partial charge in [0, 0.05) is 23.8 Å². The van der Waals surface area contributed by atoms with Crippen LogP contribution in [0.15, 0.2) is 18.2 Å². The average molecular weight is 285 g/mol. The summed E-state index contributed by atoms with van der Waals surface area (Å²) in [7, 11) is 0. The molecule has 4 heteroatoms. The normalized spacial score (nSPS) is 21.4. The molecule has 0 bridgehead atoms. The number of amides is 2. The van der Waals surface area contributed by atoms with Gasteiger partial charge in [-0.05, 0) is 24.6 Å². The lowest BCUT2D eigenvalue weighted by Crippen LogP contribution is -2.31. The van der Waals surface area contributed by atoms with Crippen LogP contribution in [0.25, 0.3) is 0 Å². The van der Waals surface area contributed by atoms with E-state index in [1.54, 1.807) is 13.8 Å². The molecule has 0 aliphatic carbocycles. The SMILES string of the molecule is Cc1ccc(C#CCCO)c(N2C(=O)C(C)C(C)C2=O)c1. The fourth-order valence-corrected chi connectivity index (χ4v) is 2.33. The van der Waals surface area contributed by atoms with E-state index in [1.165, 1.54) is 4.90 Å². The third kappa shape index (κ3) is 2.84. The Morgan fingerprint density at radius 2 is 1.81 bits per heavy atom. The molecule has 1 aromatic carbocycles. The molecule has 2 unspecified atom stereocenters. The predicted molar refractivity (Wildman–Crippen MR) is 80.6 cm³/mol. The first-order valence-corrected chi connectivity index (χ1v) is 7.05. The lowest BCUT2D eigenvalue weighted by Gasteiger charge is -2.17. The van der Waals surface area contributed by atoms with Gasteiger partial charge < -0.3 is 5.11 Å². The van der Waals surface area contributed by atoms with E-state index in [9.17, 15) is 9.59 Å². The maximum Gasteiger partial charge on any atom is 0.237 e. The molecule has 2 atom stereocenters. The maximum absolute atomic E-state index is 12.3. The second-order valence-electron chi connectivity index (χ2n) is 5.39. The van der Waals surface area contributed by atoms with Crippen molar-refractivity contribution in [3.8, 4) is 11.8 Å². The highest BCUT2D eigenvalue weighted by molar-refractivity contribution is 6.22. The molecule has 2 amide bonds. The Morgan fingerprint density at radius 1 is 1.19 bits per heavy atom. The molecule has 110 valence electrons. The number of rotatable bonds is 2. The molecule has 2 rings (SSSR count). The number of hydrogen-bond donors (Lipinski definition) is 1. The van der Waals surface area contributed by atoms with Gasteiger partial charge in [-0.3, -0.25) is 9.59 Å². The van der Waals surface area contributed by atoms with Crippen molar-refractivity contribution in [2.24, 2.45) is 11.8 Å². The van der Waals surface area contributed by atoms with Crippen molar-refractivity contribution >= 4 is 17.5 Å². The summed E-state index contributed by atoms with van der Waals surface area (Å²) in [6.45, 7) is 5.45. The van der Waals surface area contributed by atoms with Crippen molar-refractivity contribution in [1.29, 1.82) is 0 Å². The minimum absolute atomic E-state index is 0.0101. The smallest absolute Gasteiger partial charge is 0.237 e. The van der Waals surface area contributed by atoms with E-state index < -0.39 is 0 Å². The number of aliphatic hydroxyl groups excluding tert-OH is 1. The number of imide groups is 1. The summed E-state index contributed by atoms with van der Waals surface area (Å²) in [6, 6.07) is 5.51. The van der Waals surface area contributed by atoms with Crippen LogP contribution < -0.4 is 4.90 Å². The number of benzene rings is 1. The van der Waals surface area contributed by atoms with Gasteiger partial charge in [0.2, 0.25) is 11.8 Å². The molecular formula is C17H19NO3. The average Bonchev–Trinajstić information content (AvgIpc) is 2.65. The van der Waals surface area contributed by atoms with Crippen LogP contribution in [0.5, 0.6) is 0 Å². The molecule has 1 fully saturated rings. The molecule has 1 aliphatic heterocycles. The van der Waals surface area contributed by atoms with E-state index in [0.29, 0.717) is 17.7 Å². The van der Waals surface area contributed by atoms with E-state index >= 15 is 0 Å². The van der Waals surface area contributed by atoms with Crippen molar-refractivity contribution in [3.05, 3.63) is 29.3 Å². The minimum atomic E-state index is -0.309. The standard InChI is InChI=1S/C17H19NO3/c1-11-7-8-14(6-4-5-9-19)15(10-11)18-16(20)12(2)13(3)17(18)21/h7-8,10,12-13,19H,5,9H2,1-3H3. The summed E-state index contributed by atoms with van der Waals surface area (Å²) in [5, 5.41) is 8.80. The summed E-state index contributed by atoms with van der Waals surface area (Å²) in [4.78, 5) is 25.9. The van der Waals surface area contributed by atoms with Gasteiger partial charge in [-0.25, -0.2) is 4.90 Å². The molecule has 1 N–H and O–H groups in total. The molecule has 0 aromatic heterocycles. The lowest BCUT2D eigenvalue weighted by molar-refractivity contribution is -0.122. The number of nitrogens with zero attached hydrogens (tertiary/aromatic N) is 1. The number of aryl methyl sites for hydroxylation is 1. The summed E-state index contributed by atoms with van der Waals surface area (Å²) in [5.74, 6) is 4.80. The number of hydrogen-bond acceptors (Lipinski definition) is 3. The molecule has 0 spiro atoms. The summed E-state index contributed by atoms with van der Waals surface area (Å²) < 4.78 is 0. The zero-order valence-corrected chi connectivity index (χ0v) is 12.5. The molecule has 1 aromatic rings. The van der Waals surface area contributed by atoms with Gasteiger partial charge in [-0.15, -0.1) is 0 Å². The molecular weight excluding hydrogens is 266 g/mol. The minimum Gasteiger partial charge on any atom is -0.395 e. The van der Waals surface area contributed by atoms with Gasteiger partial charge in [-0.1, -0.05) is 31.8 Å². The molecule has 21 heavy (non-hydrogen) atoms. The molecule has 4 nitrogen and oxygen atoms in total. The van der Waals surface area contributed by atoms with Crippen LogP contribution in [-0.2, 0) is 9.59 Å². The Hall–Kier alpha value is -2.12. The number of carbonyl (C=O) groups excluding carboxylic acids is 2. The van der Waals surface area contributed by atoms with Gasteiger partial charge in [0.25, 0.3) is 0 Å². The quantitative estimate of drug-likeness (QED) is 0.666. The Balaban J connectivity index is 2.48. The van der Waals surface area contributed by atoms with E-state index in [4.69, 9.17) is 5.11 Å². The number of aliphatic hydroxyl groups is 1. The summed E-state index contributed by atoms with van der Waals surface area (Å²) in [6.07, 6.45) is 0.363. The third-order valence-corrected chi connectivity index (χ3v) is 3.82. The largest absolute Gasteiger partial charge is 0.395 e. The topological polar surface area (TPSA) is 57.6 Å². The fourth-order valence-electron chi connectivity index (χ4n) is 2.33. The van der Waals surface area contributed by atoms with Crippen molar-refractivity contribution in [2.45, 2.75) is 27.2 Å². The van der Waals surface area contributed by atoms with Crippen molar-refractivity contribution < 1.29 is 14.7 Å². The van der Waals surface area contributed by atoms with E-state index in [-0.39, 0.29) is 30.3 Å². The Kier molecular flexibility index (Phi) is 4.44. The highest BCUT2D eigenvalue weighted by Crippen LogP contribution is 2.32. The second-order valence-corrected chi connectivity index (χ2v) is 5.39. The highest BCUT2D eigenvalue weighted by atomic mass is 16.2. The zero-order valence-electron chi connectivity index (χ0n) is 12.5. The van der Waals surface area contributed by atoms with Crippen LogP contribution in [0.4, 0.5) is 5.69 Å². The number of carbonyl (C=O) groups is 2. The fraction of sp³-hybridized carbons (Fsp3) is 0.412. The lowest BCUT2D eigenvalue weighted by atomic mass is 10.00. The first-order valence-electron chi connectivity index (χ1n) is 7.05. The van der Waals surface area contributed by atoms with E-state index in [2.05, 4.69) is 11.8 Å². The maximum atomic E-state index is 12.3. The van der Waals surface area contributed by atoms with E-state index in [1.807, 2.05) is 25.1 Å².